The average molecular weight is 236 g/mol. The Morgan fingerprint density at radius 3 is 2.07 bits per heavy atom. The van der Waals surface area contributed by atoms with E-state index in [1.165, 1.54) is 53.2 Å². The molecule has 1 unspecified atom stereocenters. The summed E-state index contributed by atoms with van der Waals surface area (Å²) in [6, 6.07) is 0. The standard InChI is InChI=1S/C12H30P2/c1-3-5-7-9-11-13-14-12-10-8-6-4-2/h13H,3-12H2,1-2,14H3. The van der Waals surface area contributed by atoms with Crippen molar-refractivity contribution in [1.82, 2.24) is 0 Å². The topological polar surface area (TPSA) is 0 Å². The van der Waals surface area contributed by atoms with E-state index in [1.54, 1.807) is 18.7 Å². The molecule has 0 amide bonds. The summed E-state index contributed by atoms with van der Waals surface area (Å²) >= 11 is 0. The first-order valence-electron chi connectivity index (χ1n) is 6.62. The van der Waals surface area contributed by atoms with E-state index in [9.17, 15) is 0 Å². The molecular weight excluding hydrogens is 206 g/mol. The Kier molecular flexibility index (Phi) is 14.7. The van der Waals surface area contributed by atoms with Crippen LogP contribution in [0.5, 0.6) is 0 Å². The van der Waals surface area contributed by atoms with Crippen LogP contribution in [0.3, 0.4) is 0 Å². The quantitative estimate of drug-likeness (QED) is 0.354. The summed E-state index contributed by atoms with van der Waals surface area (Å²) in [6.45, 7) is 4.59. The number of hydrogen-bond donors (Lipinski definition) is 0. The number of unbranched alkanes of at least 4 members (excludes halogenated alkanes) is 6. The van der Waals surface area contributed by atoms with Crippen LogP contribution >= 0.6 is 16.5 Å². The molecule has 1 atom stereocenters. The summed E-state index contributed by atoms with van der Waals surface area (Å²) in [6.07, 6.45) is 15.0. The Morgan fingerprint density at radius 2 is 1.43 bits per heavy atom. The molecule has 0 spiro atoms. The zero-order chi connectivity index (χ0) is 10.5. The second-order valence-electron chi connectivity index (χ2n) is 4.22. The molecule has 0 bridgehead atoms. The van der Waals surface area contributed by atoms with Gasteiger partial charge in [0.2, 0.25) is 0 Å². The molecule has 0 aliphatic heterocycles. The summed E-state index contributed by atoms with van der Waals surface area (Å²) in [5.74, 6) is 0. The summed E-state index contributed by atoms with van der Waals surface area (Å²) in [5, 5.41) is 0. The molecule has 0 radical (unpaired) electrons. The van der Waals surface area contributed by atoms with Crippen LogP contribution in [-0.2, 0) is 0 Å². The Labute approximate surface area is 94.5 Å². The van der Waals surface area contributed by atoms with E-state index in [-0.39, 0.29) is 0 Å². The van der Waals surface area contributed by atoms with Crippen molar-refractivity contribution in [2.75, 3.05) is 12.3 Å². The van der Waals surface area contributed by atoms with Gasteiger partial charge in [-0.25, -0.2) is 0 Å². The van der Waals surface area contributed by atoms with Gasteiger partial charge in [-0.15, -0.1) is 0 Å². The van der Waals surface area contributed by atoms with Crippen molar-refractivity contribution in [3.8, 4) is 0 Å². The van der Waals surface area contributed by atoms with Gasteiger partial charge in [0, 0.05) is 0 Å². The van der Waals surface area contributed by atoms with Gasteiger partial charge in [0.05, 0.1) is 0 Å². The van der Waals surface area contributed by atoms with Crippen LogP contribution in [0.15, 0.2) is 0 Å². The van der Waals surface area contributed by atoms with E-state index in [2.05, 4.69) is 13.8 Å². The summed E-state index contributed by atoms with van der Waals surface area (Å²) in [5.41, 5.74) is 0. The maximum atomic E-state index is 2.30. The van der Waals surface area contributed by atoms with Crippen molar-refractivity contribution in [2.45, 2.75) is 65.2 Å². The molecule has 2 heteroatoms. The Morgan fingerprint density at radius 1 is 0.786 bits per heavy atom. The van der Waals surface area contributed by atoms with Crippen molar-refractivity contribution < 1.29 is 0 Å². The van der Waals surface area contributed by atoms with Gasteiger partial charge in [-0.05, 0) is 0 Å². The van der Waals surface area contributed by atoms with Gasteiger partial charge < -0.3 is 0 Å². The molecule has 0 aromatic carbocycles. The van der Waals surface area contributed by atoms with E-state index in [0.29, 0.717) is 8.27 Å². The first-order valence-corrected chi connectivity index (χ1v) is 11.2. The fourth-order valence-electron chi connectivity index (χ4n) is 1.66. The summed E-state index contributed by atoms with van der Waals surface area (Å²) in [4.78, 5) is 0. The normalized spacial score (nSPS) is 11.9. The van der Waals surface area contributed by atoms with Crippen molar-refractivity contribution in [3.05, 3.63) is 0 Å². The molecule has 0 aromatic rings. The Hall–Kier alpha value is 0.860. The van der Waals surface area contributed by atoms with Crippen molar-refractivity contribution >= 4 is 16.5 Å². The molecule has 0 aromatic heterocycles. The van der Waals surface area contributed by atoms with E-state index in [4.69, 9.17) is 0 Å². The van der Waals surface area contributed by atoms with Gasteiger partial charge in [0.1, 0.15) is 0 Å². The first kappa shape index (κ1) is 14.9. The summed E-state index contributed by atoms with van der Waals surface area (Å²) in [7, 11) is 1.77. The molecule has 0 heterocycles. The van der Waals surface area contributed by atoms with Crippen LogP contribution in [0, 0.1) is 0 Å². The Balaban J connectivity index is 2.78. The molecule has 0 saturated heterocycles. The first-order chi connectivity index (χ1) is 6.91. The van der Waals surface area contributed by atoms with Crippen LogP contribution in [0.25, 0.3) is 0 Å². The minimum atomic E-state index is 0.377. The van der Waals surface area contributed by atoms with Gasteiger partial charge in [0.25, 0.3) is 0 Å². The third-order valence-corrected chi connectivity index (χ3v) is 7.76. The van der Waals surface area contributed by atoms with Crippen LogP contribution < -0.4 is 0 Å². The fraction of sp³-hybridized carbons (Fsp3) is 1.00. The maximum absolute atomic E-state index is 2.30. The van der Waals surface area contributed by atoms with Gasteiger partial charge in [-0.1, -0.05) is 0 Å². The van der Waals surface area contributed by atoms with Crippen LogP contribution in [0.4, 0.5) is 0 Å². The minimum absolute atomic E-state index is 0.377. The molecular formula is C12H30P2. The van der Waals surface area contributed by atoms with E-state index >= 15 is 0 Å². The van der Waals surface area contributed by atoms with E-state index < -0.39 is 0 Å². The van der Waals surface area contributed by atoms with Gasteiger partial charge in [0.15, 0.2) is 0 Å². The Bertz CT molecular complexity index is 82.3. The number of hydrogen-bond acceptors (Lipinski definition) is 0. The van der Waals surface area contributed by atoms with Crippen molar-refractivity contribution in [2.24, 2.45) is 0 Å². The zero-order valence-corrected chi connectivity index (χ0v) is 12.7. The second kappa shape index (κ2) is 13.9. The van der Waals surface area contributed by atoms with E-state index in [1.807, 2.05) is 0 Å². The molecule has 14 heavy (non-hydrogen) atoms. The predicted molar refractivity (Wildman–Crippen MR) is 77.4 cm³/mol. The van der Waals surface area contributed by atoms with E-state index in [0.717, 1.165) is 0 Å². The average Bonchev–Trinajstić information content (AvgIpc) is 2.21. The van der Waals surface area contributed by atoms with Crippen LogP contribution in [-0.4, -0.2) is 12.3 Å². The van der Waals surface area contributed by atoms with Crippen LogP contribution in [0.1, 0.15) is 65.2 Å². The van der Waals surface area contributed by atoms with Gasteiger partial charge in [-0.2, -0.15) is 0 Å². The zero-order valence-electron chi connectivity index (χ0n) is 10.3. The fourth-order valence-corrected chi connectivity index (χ4v) is 6.26. The van der Waals surface area contributed by atoms with Crippen molar-refractivity contribution in [1.29, 1.82) is 0 Å². The van der Waals surface area contributed by atoms with Gasteiger partial charge in [-0.3, -0.25) is 0 Å². The van der Waals surface area contributed by atoms with Crippen LogP contribution in [0.2, 0.25) is 0 Å². The number of rotatable bonds is 11. The molecule has 88 valence electrons. The molecule has 0 aliphatic carbocycles. The third-order valence-electron chi connectivity index (χ3n) is 2.66. The molecule has 0 rings (SSSR count). The molecule has 0 N–H and O–H groups in total. The molecule has 0 nitrogen and oxygen atoms in total. The predicted octanol–water partition coefficient (Wildman–Crippen LogP) is 4.88. The SMILES string of the molecule is CCCCCCP[PH3]CCCCCC. The molecule has 0 saturated carbocycles. The third kappa shape index (κ3) is 12.9. The second-order valence-corrected chi connectivity index (χ2v) is 9.43. The molecule has 0 aliphatic rings. The molecule has 0 fully saturated rings. The van der Waals surface area contributed by atoms with Crippen molar-refractivity contribution in [3.63, 3.8) is 0 Å². The monoisotopic (exact) mass is 236 g/mol. The van der Waals surface area contributed by atoms with Gasteiger partial charge >= 0.3 is 94.1 Å². The summed E-state index contributed by atoms with van der Waals surface area (Å²) < 4.78 is 0.